The van der Waals surface area contributed by atoms with Crippen molar-refractivity contribution in [2.24, 2.45) is 0 Å². The molecule has 0 aliphatic carbocycles. The number of rotatable bonds is 7. The normalized spacial score (nSPS) is 12.1. The average molecular weight is 337 g/mol. The number of aryl methyl sites for hydroxylation is 1. The van der Waals surface area contributed by atoms with Crippen molar-refractivity contribution in [1.29, 1.82) is 0 Å². The average Bonchev–Trinajstić information content (AvgIpc) is 3.02. The van der Waals surface area contributed by atoms with Gasteiger partial charge in [0.2, 0.25) is 5.91 Å². The summed E-state index contributed by atoms with van der Waals surface area (Å²) in [4.78, 5) is 12.1. The molecule has 0 aliphatic heterocycles. The molecule has 5 nitrogen and oxygen atoms in total. The molecule has 0 saturated carbocycles. The van der Waals surface area contributed by atoms with Crippen LogP contribution in [0, 0.1) is 0 Å². The molecule has 0 radical (unpaired) electrons. The smallest absolute Gasteiger partial charge is 0.461 e. The fourth-order valence-corrected chi connectivity index (χ4v) is 2.77. The summed E-state index contributed by atoms with van der Waals surface area (Å²) in [6, 6.07) is 19.1. The highest BCUT2D eigenvalue weighted by molar-refractivity contribution is 6.43. The second kappa shape index (κ2) is 8.01. The minimum absolute atomic E-state index is 0.212. The predicted octanol–water partition coefficient (Wildman–Crippen LogP) is 2.10. The van der Waals surface area contributed by atoms with Gasteiger partial charge >= 0.3 is 7.12 Å². The molecule has 1 aromatic heterocycles. The second-order valence-electron chi connectivity index (χ2n) is 6.03. The molecule has 0 aliphatic rings. The number of amides is 1. The Hall–Kier alpha value is -2.57. The van der Waals surface area contributed by atoms with Crippen LogP contribution in [0.15, 0.2) is 65.1 Å². The highest BCUT2D eigenvalue weighted by Crippen LogP contribution is 2.20. The maximum Gasteiger partial charge on any atom is 0.475 e. The van der Waals surface area contributed by atoms with Gasteiger partial charge in [0.1, 0.15) is 11.3 Å². The largest absolute Gasteiger partial charge is 0.475 e. The number of carbonyl (C=O) groups is 1. The Labute approximate surface area is 146 Å². The van der Waals surface area contributed by atoms with Crippen LogP contribution < -0.4 is 5.32 Å². The quantitative estimate of drug-likeness (QED) is 0.577. The van der Waals surface area contributed by atoms with E-state index in [9.17, 15) is 14.8 Å². The number of fused-ring (bicyclic) bond motifs is 1. The lowest BCUT2D eigenvalue weighted by Gasteiger charge is -2.16. The number of furan rings is 1. The lowest BCUT2D eigenvalue weighted by atomic mass is 9.77. The van der Waals surface area contributed by atoms with Crippen molar-refractivity contribution in [3.63, 3.8) is 0 Å². The zero-order valence-corrected chi connectivity index (χ0v) is 13.8. The molecule has 0 bridgehead atoms. The first-order valence-corrected chi connectivity index (χ1v) is 8.29. The van der Waals surface area contributed by atoms with Gasteiger partial charge in [-0.25, -0.2) is 0 Å². The van der Waals surface area contributed by atoms with Gasteiger partial charge in [-0.15, -0.1) is 0 Å². The third kappa shape index (κ3) is 4.72. The minimum Gasteiger partial charge on any atom is -0.461 e. The van der Waals surface area contributed by atoms with Gasteiger partial charge in [-0.2, -0.15) is 0 Å². The van der Waals surface area contributed by atoms with Crippen molar-refractivity contribution < 1.29 is 19.3 Å². The fourth-order valence-electron chi connectivity index (χ4n) is 2.77. The molecule has 0 spiro atoms. The monoisotopic (exact) mass is 337 g/mol. The van der Waals surface area contributed by atoms with Crippen LogP contribution >= 0.6 is 0 Å². The second-order valence-corrected chi connectivity index (χ2v) is 6.03. The molecule has 1 heterocycles. The Morgan fingerprint density at radius 3 is 2.52 bits per heavy atom. The van der Waals surface area contributed by atoms with Gasteiger partial charge in [0.25, 0.3) is 0 Å². The van der Waals surface area contributed by atoms with E-state index in [-0.39, 0.29) is 18.7 Å². The standard InChI is InChI=1S/C19H20BNO4/c22-19(11-10-14-6-2-1-3-7-14)21-18(20(23)24)13-16-12-15-8-4-5-9-17(15)25-16/h1-9,12,18,23-24H,10-11,13H2,(H,21,22)/t18-/m0/s1. The molecule has 6 heteroatoms. The van der Waals surface area contributed by atoms with Gasteiger partial charge in [-0.05, 0) is 24.1 Å². The van der Waals surface area contributed by atoms with E-state index in [1.807, 2.05) is 60.7 Å². The Balaban J connectivity index is 1.59. The van der Waals surface area contributed by atoms with Crippen LogP contribution in [0.2, 0.25) is 0 Å². The van der Waals surface area contributed by atoms with E-state index in [4.69, 9.17) is 4.42 Å². The Kier molecular flexibility index (Phi) is 5.53. The van der Waals surface area contributed by atoms with Crippen LogP contribution in [0.4, 0.5) is 0 Å². The van der Waals surface area contributed by atoms with Crippen LogP contribution in [0.3, 0.4) is 0 Å². The first kappa shape index (κ1) is 17.3. The third-order valence-corrected chi connectivity index (χ3v) is 4.09. The summed E-state index contributed by atoms with van der Waals surface area (Å²) < 4.78 is 5.69. The molecular formula is C19H20BNO4. The van der Waals surface area contributed by atoms with Crippen LogP contribution in [-0.4, -0.2) is 29.0 Å². The minimum atomic E-state index is -1.66. The molecule has 25 heavy (non-hydrogen) atoms. The number of benzene rings is 2. The Morgan fingerprint density at radius 2 is 1.80 bits per heavy atom. The van der Waals surface area contributed by atoms with Crippen molar-refractivity contribution in [3.05, 3.63) is 72.0 Å². The number of hydrogen-bond donors (Lipinski definition) is 3. The molecule has 0 saturated heterocycles. The van der Waals surface area contributed by atoms with E-state index < -0.39 is 13.1 Å². The van der Waals surface area contributed by atoms with Gasteiger partial charge in [0.15, 0.2) is 0 Å². The van der Waals surface area contributed by atoms with Gasteiger partial charge < -0.3 is 19.8 Å². The third-order valence-electron chi connectivity index (χ3n) is 4.09. The molecule has 3 rings (SSSR count). The molecule has 1 amide bonds. The molecule has 0 unspecified atom stereocenters. The number of carbonyl (C=O) groups excluding carboxylic acids is 1. The maximum atomic E-state index is 12.1. The molecule has 3 aromatic rings. The van der Waals surface area contributed by atoms with E-state index in [2.05, 4.69) is 5.32 Å². The molecule has 3 N–H and O–H groups in total. The molecule has 1 atom stereocenters. The van der Waals surface area contributed by atoms with Crippen LogP contribution in [0.1, 0.15) is 17.7 Å². The lowest BCUT2D eigenvalue weighted by Crippen LogP contribution is -2.47. The Morgan fingerprint density at radius 1 is 1.08 bits per heavy atom. The molecule has 128 valence electrons. The predicted molar refractivity (Wildman–Crippen MR) is 96.8 cm³/mol. The summed E-state index contributed by atoms with van der Waals surface area (Å²) in [5, 5.41) is 22.8. The highest BCUT2D eigenvalue weighted by atomic mass is 16.4. The number of para-hydroxylation sites is 1. The van der Waals surface area contributed by atoms with Crippen LogP contribution in [-0.2, 0) is 17.6 Å². The first-order valence-electron chi connectivity index (χ1n) is 8.29. The van der Waals surface area contributed by atoms with E-state index in [1.165, 1.54) is 0 Å². The fraction of sp³-hybridized carbons (Fsp3) is 0.211. The summed E-state index contributed by atoms with van der Waals surface area (Å²) in [6.07, 6.45) is 1.10. The van der Waals surface area contributed by atoms with Gasteiger partial charge in [0, 0.05) is 18.2 Å². The van der Waals surface area contributed by atoms with Gasteiger partial charge in [-0.3, -0.25) is 4.79 Å². The van der Waals surface area contributed by atoms with E-state index in [1.54, 1.807) is 0 Å². The van der Waals surface area contributed by atoms with E-state index >= 15 is 0 Å². The van der Waals surface area contributed by atoms with Crippen molar-refractivity contribution in [1.82, 2.24) is 5.32 Å². The number of nitrogens with one attached hydrogen (secondary N) is 1. The summed E-state index contributed by atoms with van der Waals surface area (Å²) in [5.74, 6) is -0.440. The number of hydrogen-bond acceptors (Lipinski definition) is 4. The van der Waals surface area contributed by atoms with Crippen molar-refractivity contribution >= 4 is 24.0 Å². The van der Waals surface area contributed by atoms with Crippen LogP contribution in [0.5, 0.6) is 0 Å². The van der Waals surface area contributed by atoms with Crippen molar-refractivity contribution in [3.8, 4) is 0 Å². The van der Waals surface area contributed by atoms with Crippen molar-refractivity contribution in [2.45, 2.75) is 25.2 Å². The zero-order chi connectivity index (χ0) is 17.6. The zero-order valence-electron chi connectivity index (χ0n) is 13.8. The first-order chi connectivity index (χ1) is 12.1. The molecular weight excluding hydrogens is 317 g/mol. The maximum absolute atomic E-state index is 12.1. The Bertz CT molecular complexity index is 799. The highest BCUT2D eigenvalue weighted by Gasteiger charge is 2.26. The summed E-state index contributed by atoms with van der Waals surface area (Å²) >= 11 is 0. The van der Waals surface area contributed by atoms with Gasteiger partial charge in [-0.1, -0.05) is 48.5 Å². The summed E-state index contributed by atoms with van der Waals surface area (Å²) in [7, 11) is -1.66. The molecule has 0 fully saturated rings. The summed E-state index contributed by atoms with van der Waals surface area (Å²) in [6.45, 7) is 0. The topological polar surface area (TPSA) is 82.7 Å². The van der Waals surface area contributed by atoms with Crippen LogP contribution in [0.25, 0.3) is 11.0 Å². The van der Waals surface area contributed by atoms with E-state index in [0.29, 0.717) is 12.2 Å². The SMILES string of the molecule is O=C(CCc1ccccc1)N[C@@H](Cc1cc2ccccc2o1)B(O)O. The lowest BCUT2D eigenvalue weighted by molar-refractivity contribution is -0.121. The summed E-state index contributed by atoms with van der Waals surface area (Å²) in [5.41, 5.74) is 1.80. The molecule has 2 aromatic carbocycles. The van der Waals surface area contributed by atoms with Gasteiger partial charge in [0.05, 0.1) is 5.94 Å². The van der Waals surface area contributed by atoms with Crippen molar-refractivity contribution in [2.75, 3.05) is 0 Å². The van der Waals surface area contributed by atoms with E-state index in [0.717, 1.165) is 16.5 Å².